The highest BCUT2D eigenvalue weighted by Gasteiger charge is 2.03. The Labute approximate surface area is 297 Å². The molecule has 0 heterocycles. The zero-order valence-electron chi connectivity index (χ0n) is 32.9. The largest absolute Gasteiger partial charge is 0.466 e. The molecular formula is C45H88O2. The normalized spacial score (nSPS) is 12.3. The lowest BCUT2D eigenvalue weighted by molar-refractivity contribution is -0.143. The van der Waals surface area contributed by atoms with Crippen LogP contribution in [0.2, 0.25) is 0 Å². The van der Waals surface area contributed by atoms with E-state index in [9.17, 15) is 4.79 Å². The van der Waals surface area contributed by atoms with Gasteiger partial charge in [-0.3, -0.25) is 4.79 Å². The summed E-state index contributed by atoms with van der Waals surface area (Å²) in [6.07, 6.45) is 54.4. The molecule has 0 aliphatic carbocycles. The van der Waals surface area contributed by atoms with Gasteiger partial charge in [0.1, 0.15) is 0 Å². The lowest BCUT2D eigenvalue weighted by atomic mass is 9.99. The molecule has 0 saturated heterocycles. The smallest absolute Gasteiger partial charge is 0.305 e. The first-order chi connectivity index (χ1) is 23.2. The molecule has 0 aliphatic rings. The second-order valence-corrected chi connectivity index (χ2v) is 15.3. The van der Waals surface area contributed by atoms with Crippen LogP contribution >= 0.6 is 0 Å². The van der Waals surface area contributed by atoms with Crippen molar-refractivity contribution in [3.05, 3.63) is 12.2 Å². The van der Waals surface area contributed by atoms with Gasteiger partial charge in [-0.1, -0.05) is 226 Å². The minimum absolute atomic E-state index is 0.0277. The zero-order chi connectivity index (χ0) is 34.1. The Kier molecular flexibility index (Phi) is 40.7. The van der Waals surface area contributed by atoms with E-state index in [2.05, 4.69) is 32.9 Å². The third-order valence-electron chi connectivity index (χ3n) is 10.4. The van der Waals surface area contributed by atoms with E-state index < -0.39 is 0 Å². The van der Waals surface area contributed by atoms with Crippen LogP contribution in [0.4, 0.5) is 0 Å². The highest BCUT2D eigenvalue weighted by atomic mass is 16.5. The third-order valence-corrected chi connectivity index (χ3v) is 10.4. The molecule has 0 aromatic heterocycles. The van der Waals surface area contributed by atoms with Crippen molar-refractivity contribution < 1.29 is 9.53 Å². The molecule has 47 heavy (non-hydrogen) atoms. The molecule has 2 nitrogen and oxygen atoms in total. The molecule has 2 heteroatoms. The summed E-state index contributed by atoms with van der Waals surface area (Å²) < 4.78 is 5.48. The lowest BCUT2D eigenvalue weighted by Gasteiger charge is -2.07. The quantitative estimate of drug-likeness (QED) is 0.0371. The van der Waals surface area contributed by atoms with Gasteiger partial charge in [-0.25, -0.2) is 0 Å². The van der Waals surface area contributed by atoms with Crippen LogP contribution in [0, 0.1) is 5.92 Å². The highest BCUT2D eigenvalue weighted by Crippen LogP contribution is 2.17. The molecule has 280 valence electrons. The number of carbonyl (C=O) groups excluding carboxylic acids is 1. The summed E-state index contributed by atoms with van der Waals surface area (Å²) in [5.74, 6) is 0.955. The Bertz CT molecular complexity index is 611. The van der Waals surface area contributed by atoms with Gasteiger partial charge >= 0.3 is 5.97 Å². The Morgan fingerprint density at radius 3 is 1.19 bits per heavy atom. The Morgan fingerprint density at radius 2 is 0.787 bits per heavy atom. The number of allylic oxidation sites excluding steroid dienone is 2. The van der Waals surface area contributed by atoms with Crippen molar-refractivity contribution in [2.24, 2.45) is 5.92 Å². The van der Waals surface area contributed by atoms with E-state index >= 15 is 0 Å². The molecule has 0 aliphatic heterocycles. The molecule has 0 radical (unpaired) electrons. The molecule has 1 atom stereocenters. The van der Waals surface area contributed by atoms with Crippen LogP contribution in [0.15, 0.2) is 12.2 Å². The minimum Gasteiger partial charge on any atom is -0.466 e. The van der Waals surface area contributed by atoms with Gasteiger partial charge in [-0.15, -0.1) is 0 Å². The average molecular weight is 661 g/mol. The average Bonchev–Trinajstić information content (AvgIpc) is 3.08. The maximum absolute atomic E-state index is 12.0. The number of ether oxygens (including phenoxy) is 1. The second kappa shape index (κ2) is 41.4. The maximum Gasteiger partial charge on any atom is 0.305 e. The summed E-state index contributed by atoms with van der Waals surface area (Å²) in [6, 6.07) is 0. The molecule has 0 bridgehead atoms. The fraction of sp³-hybridized carbons (Fsp3) is 0.933. The van der Waals surface area contributed by atoms with Crippen LogP contribution in [-0.4, -0.2) is 12.6 Å². The third kappa shape index (κ3) is 41.3. The molecule has 0 fully saturated rings. The molecule has 0 aromatic carbocycles. The van der Waals surface area contributed by atoms with Crippen molar-refractivity contribution >= 4 is 5.97 Å². The van der Waals surface area contributed by atoms with Gasteiger partial charge in [-0.05, 0) is 44.4 Å². The minimum atomic E-state index is 0.0277. The van der Waals surface area contributed by atoms with Gasteiger partial charge < -0.3 is 4.74 Å². The van der Waals surface area contributed by atoms with E-state index in [0.717, 1.165) is 18.8 Å². The van der Waals surface area contributed by atoms with Crippen LogP contribution in [0.3, 0.4) is 0 Å². The van der Waals surface area contributed by atoms with Gasteiger partial charge in [0.2, 0.25) is 0 Å². The van der Waals surface area contributed by atoms with E-state index in [-0.39, 0.29) is 5.97 Å². The van der Waals surface area contributed by atoms with Crippen LogP contribution in [0.1, 0.15) is 258 Å². The molecule has 0 rings (SSSR count). The first-order valence-electron chi connectivity index (χ1n) is 22.0. The Morgan fingerprint density at radius 1 is 0.447 bits per heavy atom. The van der Waals surface area contributed by atoms with Crippen molar-refractivity contribution in [1.29, 1.82) is 0 Å². The Balaban J connectivity index is 3.18. The summed E-state index contributed by atoms with van der Waals surface area (Å²) in [7, 11) is 0. The highest BCUT2D eigenvalue weighted by molar-refractivity contribution is 5.69. The number of esters is 1. The first-order valence-corrected chi connectivity index (χ1v) is 22.0. The molecule has 0 N–H and O–H groups in total. The van der Waals surface area contributed by atoms with E-state index in [1.807, 2.05) is 0 Å². The Hall–Kier alpha value is -0.790. The summed E-state index contributed by atoms with van der Waals surface area (Å²) in [6.45, 7) is 7.63. The standard InChI is InChI=1S/C45H88O2/c1-4-6-7-8-9-10-11-12-13-14-15-16-17-18-21-24-27-30-33-36-39-42-45(46)47-43-40-37-34-31-28-25-22-19-20-23-26-29-32-35-38-41-44(3)5-2/h12-13,44H,4-11,14-43H2,1-3H3. The van der Waals surface area contributed by atoms with Crippen LogP contribution in [0.25, 0.3) is 0 Å². The number of carbonyl (C=O) groups is 1. The molecule has 0 saturated carbocycles. The van der Waals surface area contributed by atoms with Crippen molar-refractivity contribution in [3.63, 3.8) is 0 Å². The van der Waals surface area contributed by atoms with Crippen molar-refractivity contribution in [2.45, 2.75) is 258 Å². The van der Waals surface area contributed by atoms with E-state index in [1.165, 1.54) is 218 Å². The molecule has 1 unspecified atom stereocenters. The summed E-state index contributed by atoms with van der Waals surface area (Å²) in [5, 5.41) is 0. The van der Waals surface area contributed by atoms with Crippen molar-refractivity contribution in [1.82, 2.24) is 0 Å². The van der Waals surface area contributed by atoms with Gasteiger partial charge in [0.25, 0.3) is 0 Å². The summed E-state index contributed by atoms with van der Waals surface area (Å²) >= 11 is 0. The fourth-order valence-corrected chi connectivity index (χ4v) is 6.76. The van der Waals surface area contributed by atoms with Crippen molar-refractivity contribution in [3.8, 4) is 0 Å². The molecular weight excluding hydrogens is 572 g/mol. The van der Waals surface area contributed by atoms with E-state index in [0.29, 0.717) is 13.0 Å². The number of rotatable bonds is 40. The predicted molar refractivity (Wildman–Crippen MR) is 211 cm³/mol. The lowest BCUT2D eigenvalue weighted by Crippen LogP contribution is -2.05. The summed E-state index contributed by atoms with van der Waals surface area (Å²) in [5.41, 5.74) is 0. The van der Waals surface area contributed by atoms with Crippen LogP contribution in [-0.2, 0) is 9.53 Å². The second-order valence-electron chi connectivity index (χ2n) is 15.3. The van der Waals surface area contributed by atoms with Gasteiger partial charge in [0.05, 0.1) is 6.61 Å². The topological polar surface area (TPSA) is 26.3 Å². The predicted octanol–water partition coefficient (Wildman–Crippen LogP) is 16.2. The fourth-order valence-electron chi connectivity index (χ4n) is 6.76. The number of hydrogen-bond donors (Lipinski definition) is 0. The molecule has 0 aromatic rings. The van der Waals surface area contributed by atoms with Gasteiger partial charge in [0.15, 0.2) is 0 Å². The van der Waals surface area contributed by atoms with Crippen molar-refractivity contribution in [2.75, 3.05) is 6.61 Å². The maximum atomic E-state index is 12.0. The van der Waals surface area contributed by atoms with Crippen LogP contribution in [0.5, 0.6) is 0 Å². The molecule has 0 spiro atoms. The van der Waals surface area contributed by atoms with Gasteiger partial charge in [0, 0.05) is 6.42 Å². The molecule has 0 amide bonds. The monoisotopic (exact) mass is 661 g/mol. The van der Waals surface area contributed by atoms with E-state index in [1.54, 1.807) is 0 Å². The number of hydrogen-bond acceptors (Lipinski definition) is 2. The SMILES string of the molecule is CCCCCCCCC=CCCCCCCCCCCCCCC(=O)OCCCCCCCCCCCCCCCCCC(C)CC. The van der Waals surface area contributed by atoms with Crippen LogP contribution < -0.4 is 0 Å². The first kappa shape index (κ1) is 46.2. The number of unbranched alkanes of at least 4 members (excludes halogenated alkanes) is 31. The van der Waals surface area contributed by atoms with Gasteiger partial charge in [-0.2, -0.15) is 0 Å². The summed E-state index contributed by atoms with van der Waals surface area (Å²) in [4.78, 5) is 12.0. The van der Waals surface area contributed by atoms with E-state index in [4.69, 9.17) is 4.74 Å². The zero-order valence-corrected chi connectivity index (χ0v) is 32.9.